The monoisotopic (exact) mass is 294 g/mol. The Kier molecular flexibility index (Phi) is 5.43. The maximum absolute atomic E-state index is 12.2. The third kappa shape index (κ3) is 4.28. The summed E-state index contributed by atoms with van der Waals surface area (Å²) in [5, 5.41) is 11.3. The maximum Gasteiger partial charge on any atom is 0.326 e. The molecule has 21 heavy (non-hydrogen) atoms. The SMILES string of the molecule is COC(=O)C[C@H](NC(=O)C(C)(N)c1ccccc1)C(=O)O. The van der Waals surface area contributed by atoms with Crippen molar-refractivity contribution in [2.45, 2.75) is 24.9 Å². The number of esters is 1. The van der Waals surface area contributed by atoms with Gasteiger partial charge in [-0.05, 0) is 12.5 Å². The number of carboxylic acids is 1. The van der Waals surface area contributed by atoms with Crippen LogP contribution in [0.5, 0.6) is 0 Å². The molecule has 1 aromatic carbocycles. The van der Waals surface area contributed by atoms with Crippen molar-refractivity contribution in [3.05, 3.63) is 35.9 Å². The highest BCUT2D eigenvalue weighted by molar-refractivity contribution is 5.92. The average Bonchev–Trinajstić information content (AvgIpc) is 2.46. The van der Waals surface area contributed by atoms with Gasteiger partial charge in [0.05, 0.1) is 13.5 Å². The second kappa shape index (κ2) is 6.85. The van der Waals surface area contributed by atoms with Gasteiger partial charge in [-0.1, -0.05) is 30.3 Å². The van der Waals surface area contributed by atoms with Crippen LogP contribution in [-0.2, 0) is 24.7 Å². The van der Waals surface area contributed by atoms with Crippen LogP contribution in [-0.4, -0.2) is 36.1 Å². The first-order chi connectivity index (χ1) is 9.78. The van der Waals surface area contributed by atoms with Crippen molar-refractivity contribution in [2.75, 3.05) is 7.11 Å². The summed E-state index contributed by atoms with van der Waals surface area (Å²) in [4.78, 5) is 34.4. The van der Waals surface area contributed by atoms with Gasteiger partial charge in [-0.2, -0.15) is 0 Å². The Morgan fingerprint density at radius 2 is 1.90 bits per heavy atom. The van der Waals surface area contributed by atoms with E-state index in [1.54, 1.807) is 30.3 Å². The van der Waals surface area contributed by atoms with Crippen LogP contribution in [0.25, 0.3) is 0 Å². The molecule has 0 aliphatic carbocycles. The van der Waals surface area contributed by atoms with Crippen molar-refractivity contribution >= 4 is 17.8 Å². The van der Waals surface area contributed by atoms with Crippen LogP contribution in [0.2, 0.25) is 0 Å². The Morgan fingerprint density at radius 3 is 2.38 bits per heavy atom. The molecule has 0 bridgehead atoms. The Hall–Kier alpha value is -2.41. The Morgan fingerprint density at radius 1 is 1.33 bits per heavy atom. The van der Waals surface area contributed by atoms with Crippen LogP contribution in [0.15, 0.2) is 30.3 Å². The third-order valence-electron chi connectivity index (χ3n) is 3.05. The van der Waals surface area contributed by atoms with E-state index in [2.05, 4.69) is 10.1 Å². The van der Waals surface area contributed by atoms with Crippen molar-refractivity contribution in [2.24, 2.45) is 5.73 Å². The van der Waals surface area contributed by atoms with Crippen LogP contribution < -0.4 is 11.1 Å². The first-order valence-corrected chi connectivity index (χ1v) is 6.24. The third-order valence-corrected chi connectivity index (χ3v) is 3.05. The number of aliphatic carboxylic acids is 1. The van der Waals surface area contributed by atoms with Crippen molar-refractivity contribution < 1.29 is 24.2 Å². The van der Waals surface area contributed by atoms with Crippen LogP contribution in [0, 0.1) is 0 Å². The minimum absolute atomic E-state index is 0.470. The number of rotatable bonds is 6. The predicted molar refractivity (Wildman–Crippen MR) is 74.2 cm³/mol. The van der Waals surface area contributed by atoms with E-state index in [4.69, 9.17) is 10.8 Å². The minimum Gasteiger partial charge on any atom is -0.480 e. The molecule has 2 atom stereocenters. The van der Waals surface area contributed by atoms with Gasteiger partial charge in [0.2, 0.25) is 5.91 Å². The molecule has 1 aromatic rings. The van der Waals surface area contributed by atoms with Gasteiger partial charge in [0, 0.05) is 0 Å². The average molecular weight is 294 g/mol. The summed E-state index contributed by atoms with van der Waals surface area (Å²) in [6.07, 6.45) is -0.470. The van der Waals surface area contributed by atoms with Crippen LogP contribution in [0.1, 0.15) is 18.9 Å². The lowest BCUT2D eigenvalue weighted by atomic mass is 9.92. The molecule has 1 unspecified atom stereocenters. The van der Waals surface area contributed by atoms with Crippen molar-refractivity contribution in [3.8, 4) is 0 Å². The highest BCUT2D eigenvalue weighted by atomic mass is 16.5. The summed E-state index contributed by atoms with van der Waals surface area (Å²) in [5.41, 5.74) is 5.09. The predicted octanol–water partition coefficient (Wildman–Crippen LogP) is -0.00700. The first kappa shape index (κ1) is 16.6. The molecule has 0 aliphatic rings. The number of carbonyl (C=O) groups excluding carboxylic acids is 2. The summed E-state index contributed by atoms with van der Waals surface area (Å²) in [6, 6.07) is 7.14. The van der Waals surface area contributed by atoms with Crippen molar-refractivity contribution in [3.63, 3.8) is 0 Å². The number of nitrogens with one attached hydrogen (secondary N) is 1. The molecule has 0 fully saturated rings. The van der Waals surface area contributed by atoms with E-state index >= 15 is 0 Å². The summed E-state index contributed by atoms with van der Waals surface area (Å²) in [6.45, 7) is 1.47. The number of amides is 1. The maximum atomic E-state index is 12.2. The topological polar surface area (TPSA) is 119 Å². The Bertz CT molecular complexity index is 527. The summed E-state index contributed by atoms with van der Waals surface area (Å²) >= 11 is 0. The number of benzene rings is 1. The molecule has 114 valence electrons. The second-order valence-corrected chi connectivity index (χ2v) is 4.71. The lowest BCUT2D eigenvalue weighted by Gasteiger charge is -2.26. The first-order valence-electron chi connectivity index (χ1n) is 6.24. The van der Waals surface area contributed by atoms with E-state index in [-0.39, 0.29) is 0 Å². The zero-order chi connectivity index (χ0) is 16.0. The summed E-state index contributed by atoms with van der Waals surface area (Å²) < 4.78 is 4.40. The molecule has 0 saturated heterocycles. The zero-order valence-corrected chi connectivity index (χ0v) is 11.8. The van der Waals surface area contributed by atoms with Gasteiger partial charge in [-0.3, -0.25) is 9.59 Å². The fraction of sp³-hybridized carbons (Fsp3) is 0.357. The number of hydrogen-bond acceptors (Lipinski definition) is 5. The van der Waals surface area contributed by atoms with E-state index in [0.717, 1.165) is 7.11 Å². The highest BCUT2D eigenvalue weighted by Gasteiger charge is 2.34. The van der Waals surface area contributed by atoms with Gasteiger partial charge in [0.25, 0.3) is 0 Å². The number of hydrogen-bond donors (Lipinski definition) is 3. The fourth-order valence-corrected chi connectivity index (χ4v) is 1.67. The largest absolute Gasteiger partial charge is 0.480 e. The molecule has 0 saturated carbocycles. The van der Waals surface area contributed by atoms with E-state index in [1.165, 1.54) is 6.92 Å². The number of methoxy groups -OCH3 is 1. The summed E-state index contributed by atoms with van der Waals surface area (Å²) in [7, 11) is 1.14. The zero-order valence-electron chi connectivity index (χ0n) is 11.8. The van der Waals surface area contributed by atoms with E-state index in [0.29, 0.717) is 5.56 Å². The Balaban J connectivity index is 2.86. The van der Waals surface area contributed by atoms with Crippen LogP contribution in [0.4, 0.5) is 0 Å². The number of carbonyl (C=O) groups is 3. The normalized spacial score (nSPS) is 14.6. The Labute approximate surface area is 122 Å². The molecule has 0 heterocycles. The molecular weight excluding hydrogens is 276 g/mol. The van der Waals surface area contributed by atoms with Gasteiger partial charge in [0.15, 0.2) is 0 Å². The summed E-state index contributed by atoms with van der Waals surface area (Å²) in [5.74, 6) is -2.76. The van der Waals surface area contributed by atoms with Gasteiger partial charge in [-0.25, -0.2) is 4.79 Å². The highest BCUT2D eigenvalue weighted by Crippen LogP contribution is 2.17. The van der Waals surface area contributed by atoms with Crippen LogP contribution >= 0.6 is 0 Å². The molecule has 0 aliphatic heterocycles. The van der Waals surface area contributed by atoms with Crippen LogP contribution in [0.3, 0.4) is 0 Å². The lowest BCUT2D eigenvalue weighted by Crippen LogP contribution is -2.54. The standard InChI is InChI=1S/C14H18N2O5/c1-14(15,9-6-4-3-5-7-9)13(20)16-10(12(18)19)8-11(17)21-2/h3-7,10H,8,15H2,1-2H3,(H,16,20)(H,18,19)/t10-,14?/m0/s1. The molecule has 7 nitrogen and oxygen atoms in total. The molecule has 1 amide bonds. The quantitative estimate of drug-likeness (QED) is 0.635. The van der Waals surface area contributed by atoms with E-state index < -0.39 is 35.8 Å². The van der Waals surface area contributed by atoms with E-state index in [1.807, 2.05) is 0 Å². The van der Waals surface area contributed by atoms with Gasteiger partial charge in [-0.15, -0.1) is 0 Å². The fourth-order valence-electron chi connectivity index (χ4n) is 1.67. The number of carboxylic acid groups (broad SMARTS) is 1. The molecular formula is C14H18N2O5. The second-order valence-electron chi connectivity index (χ2n) is 4.71. The lowest BCUT2D eigenvalue weighted by molar-refractivity contribution is -0.149. The van der Waals surface area contributed by atoms with E-state index in [9.17, 15) is 14.4 Å². The minimum atomic E-state index is -1.41. The molecule has 4 N–H and O–H groups in total. The van der Waals surface area contributed by atoms with Gasteiger partial charge >= 0.3 is 11.9 Å². The van der Waals surface area contributed by atoms with Crippen molar-refractivity contribution in [1.29, 1.82) is 0 Å². The molecule has 7 heteroatoms. The molecule has 0 radical (unpaired) electrons. The number of ether oxygens (including phenoxy) is 1. The number of nitrogens with two attached hydrogens (primary N) is 1. The smallest absolute Gasteiger partial charge is 0.326 e. The molecule has 1 rings (SSSR count). The molecule has 0 aromatic heterocycles. The van der Waals surface area contributed by atoms with Gasteiger partial charge < -0.3 is 20.9 Å². The molecule has 0 spiro atoms. The van der Waals surface area contributed by atoms with Gasteiger partial charge in [0.1, 0.15) is 11.6 Å². The van der Waals surface area contributed by atoms with Crippen molar-refractivity contribution in [1.82, 2.24) is 5.32 Å².